The number of rotatable bonds is 5. The first-order valence-electron chi connectivity index (χ1n) is 8.25. The van der Waals surface area contributed by atoms with Crippen LogP contribution in [0.2, 0.25) is 5.02 Å². The number of nitrogens with one attached hydrogen (secondary N) is 2. The molecule has 140 valence electrons. The summed E-state index contributed by atoms with van der Waals surface area (Å²) in [7, 11) is -3.90. The summed E-state index contributed by atoms with van der Waals surface area (Å²) < 4.78 is 28.1. The van der Waals surface area contributed by atoms with Gasteiger partial charge in [-0.05, 0) is 41.8 Å². The van der Waals surface area contributed by atoms with E-state index in [-0.39, 0.29) is 15.5 Å². The number of aromatic nitrogens is 2. The molecule has 3 rings (SSSR count). The van der Waals surface area contributed by atoms with Gasteiger partial charge in [0.25, 0.3) is 15.6 Å². The van der Waals surface area contributed by atoms with Crippen molar-refractivity contribution in [2.45, 2.75) is 24.7 Å². The van der Waals surface area contributed by atoms with Gasteiger partial charge in [0.05, 0.1) is 10.7 Å². The van der Waals surface area contributed by atoms with E-state index in [2.05, 4.69) is 28.8 Å². The quantitative estimate of drug-likeness (QED) is 0.673. The summed E-state index contributed by atoms with van der Waals surface area (Å²) in [6, 6.07) is 14.6. The molecule has 0 saturated heterocycles. The summed E-state index contributed by atoms with van der Waals surface area (Å²) in [6.45, 7) is 4.13. The Hall–Kier alpha value is -2.64. The SMILES string of the molecule is CC(C)c1ccc(NS(=O)(=O)c2cc(-c3ccc(=O)[nH]n3)ccc2Cl)cc1. The van der Waals surface area contributed by atoms with E-state index in [4.69, 9.17) is 11.6 Å². The predicted octanol–water partition coefficient (Wildman–Crippen LogP) is 4.01. The lowest BCUT2D eigenvalue weighted by molar-refractivity contribution is 0.601. The van der Waals surface area contributed by atoms with E-state index in [1.54, 1.807) is 18.2 Å². The molecule has 8 heteroatoms. The number of aromatic amines is 1. The van der Waals surface area contributed by atoms with E-state index in [1.165, 1.54) is 24.3 Å². The van der Waals surface area contributed by atoms with Crippen molar-refractivity contribution in [2.24, 2.45) is 0 Å². The number of nitrogens with zero attached hydrogens (tertiary/aromatic N) is 1. The van der Waals surface area contributed by atoms with Crippen LogP contribution >= 0.6 is 11.6 Å². The third-order valence-corrected chi connectivity index (χ3v) is 5.89. The fraction of sp³-hybridized carbons (Fsp3) is 0.158. The zero-order chi connectivity index (χ0) is 19.6. The maximum Gasteiger partial charge on any atom is 0.264 e. The van der Waals surface area contributed by atoms with Gasteiger partial charge < -0.3 is 0 Å². The second-order valence-corrected chi connectivity index (χ2v) is 8.39. The van der Waals surface area contributed by atoms with Crippen LogP contribution in [-0.4, -0.2) is 18.6 Å². The van der Waals surface area contributed by atoms with Gasteiger partial charge in [0.1, 0.15) is 4.90 Å². The highest BCUT2D eigenvalue weighted by molar-refractivity contribution is 7.92. The van der Waals surface area contributed by atoms with Gasteiger partial charge in [-0.1, -0.05) is 43.6 Å². The molecule has 0 unspecified atom stereocenters. The summed E-state index contributed by atoms with van der Waals surface area (Å²) in [6.07, 6.45) is 0. The lowest BCUT2D eigenvalue weighted by Crippen LogP contribution is -2.14. The normalized spacial score (nSPS) is 11.6. The van der Waals surface area contributed by atoms with Gasteiger partial charge in [-0.3, -0.25) is 9.52 Å². The first-order valence-corrected chi connectivity index (χ1v) is 10.1. The minimum Gasteiger partial charge on any atom is -0.280 e. The van der Waals surface area contributed by atoms with Crippen LogP contribution in [0.4, 0.5) is 5.69 Å². The molecule has 27 heavy (non-hydrogen) atoms. The van der Waals surface area contributed by atoms with Crippen molar-refractivity contribution in [3.8, 4) is 11.3 Å². The Balaban J connectivity index is 1.94. The Labute approximate surface area is 162 Å². The molecule has 0 bridgehead atoms. The van der Waals surface area contributed by atoms with Crippen molar-refractivity contribution in [1.82, 2.24) is 10.2 Å². The standard InChI is InChI=1S/C19H18ClN3O3S/c1-12(2)13-3-6-15(7-4-13)23-27(25,26)18-11-14(5-8-16(18)20)17-9-10-19(24)22-21-17/h3-12,23H,1-2H3,(H,22,24). The number of sulfonamides is 1. The van der Waals surface area contributed by atoms with Gasteiger partial charge in [-0.25, -0.2) is 13.5 Å². The Morgan fingerprint density at radius 3 is 2.33 bits per heavy atom. The third-order valence-electron chi connectivity index (χ3n) is 4.03. The second-order valence-electron chi connectivity index (χ2n) is 6.33. The first kappa shape index (κ1) is 19.1. The van der Waals surface area contributed by atoms with Gasteiger partial charge in [0, 0.05) is 17.3 Å². The molecule has 2 aromatic carbocycles. The van der Waals surface area contributed by atoms with E-state index < -0.39 is 10.0 Å². The number of H-pyrrole nitrogens is 1. The molecule has 0 aliphatic rings. The van der Waals surface area contributed by atoms with Crippen molar-refractivity contribution >= 4 is 27.3 Å². The molecule has 0 amide bonds. The average Bonchev–Trinajstić information content (AvgIpc) is 2.63. The molecule has 0 fully saturated rings. The van der Waals surface area contributed by atoms with Gasteiger partial charge in [0.15, 0.2) is 0 Å². The largest absolute Gasteiger partial charge is 0.280 e. The van der Waals surface area contributed by atoms with Crippen LogP contribution in [-0.2, 0) is 10.0 Å². The number of halogens is 1. The zero-order valence-electron chi connectivity index (χ0n) is 14.7. The number of hydrogen-bond donors (Lipinski definition) is 2. The van der Waals surface area contributed by atoms with Crippen LogP contribution in [0.1, 0.15) is 25.3 Å². The highest BCUT2D eigenvalue weighted by Crippen LogP contribution is 2.29. The summed E-state index contributed by atoms with van der Waals surface area (Å²) >= 11 is 6.13. The van der Waals surface area contributed by atoms with Crippen molar-refractivity contribution in [3.63, 3.8) is 0 Å². The van der Waals surface area contributed by atoms with Gasteiger partial charge in [-0.2, -0.15) is 5.10 Å². The maximum atomic E-state index is 12.8. The minimum atomic E-state index is -3.90. The van der Waals surface area contributed by atoms with E-state index in [1.807, 2.05) is 12.1 Å². The van der Waals surface area contributed by atoms with Gasteiger partial charge in [-0.15, -0.1) is 0 Å². The lowest BCUT2D eigenvalue weighted by atomic mass is 10.0. The van der Waals surface area contributed by atoms with Crippen LogP contribution in [0.3, 0.4) is 0 Å². The Morgan fingerprint density at radius 2 is 1.74 bits per heavy atom. The van der Waals surface area contributed by atoms with Crippen molar-refractivity contribution in [3.05, 3.63) is 75.5 Å². The van der Waals surface area contributed by atoms with Crippen molar-refractivity contribution in [1.29, 1.82) is 0 Å². The zero-order valence-corrected chi connectivity index (χ0v) is 16.3. The molecule has 0 atom stereocenters. The number of benzene rings is 2. The summed E-state index contributed by atoms with van der Waals surface area (Å²) in [5.74, 6) is 0.353. The number of anilines is 1. The van der Waals surface area contributed by atoms with E-state index in [0.29, 0.717) is 22.9 Å². The summed E-state index contributed by atoms with van der Waals surface area (Å²) in [5.41, 5.74) is 2.17. The van der Waals surface area contributed by atoms with Crippen LogP contribution < -0.4 is 10.3 Å². The highest BCUT2D eigenvalue weighted by atomic mass is 35.5. The molecule has 6 nitrogen and oxygen atoms in total. The van der Waals surface area contributed by atoms with E-state index >= 15 is 0 Å². The molecule has 0 aliphatic heterocycles. The summed E-state index contributed by atoms with van der Waals surface area (Å²) in [4.78, 5) is 11.1. The molecular formula is C19H18ClN3O3S. The lowest BCUT2D eigenvalue weighted by Gasteiger charge is -2.12. The highest BCUT2D eigenvalue weighted by Gasteiger charge is 2.19. The molecular weight excluding hydrogens is 386 g/mol. The Morgan fingerprint density at radius 1 is 1.04 bits per heavy atom. The molecule has 0 radical (unpaired) electrons. The smallest absolute Gasteiger partial charge is 0.264 e. The Kier molecular flexibility index (Phi) is 5.34. The fourth-order valence-corrected chi connectivity index (χ4v) is 4.11. The number of hydrogen-bond acceptors (Lipinski definition) is 4. The monoisotopic (exact) mass is 403 g/mol. The molecule has 0 aliphatic carbocycles. The van der Waals surface area contributed by atoms with E-state index in [0.717, 1.165) is 5.56 Å². The van der Waals surface area contributed by atoms with Crippen LogP contribution in [0, 0.1) is 0 Å². The fourth-order valence-electron chi connectivity index (χ4n) is 2.52. The third kappa shape index (κ3) is 4.37. The minimum absolute atomic E-state index is 0.0670. The van der Waals surface area contributed by atoms with Gasteiger partial charge >= 0.3 is 0 Å². The molecule has 1 aromatic heterocycles. The Bertz CT molecular complexity index is 1100. The molecule has 0 spiro atoms. The second kappa shape index (κ2) is 7.54. The van der Waals surface area contributed by atoms with E-state index in [9.17, 15) is 13.2 Å². The maximum absolute atomic E-state index is 12.8. The molecule has 3 aromatic rings. The predicted molar refractivity (Wildman–Crippen MR) is 107 cm³/mol. The molecule has 0 saturated carbocycles. The molecule has 2 N–H and O–H groups in total. The average molecular weight is 404 g/mol. The summed E-state index contributed by atoms with van der Waals surface area (Å²) in [5, 5.41) is 6.33. The van der Waals surface area contributed by atoms with Gasteiger partial charge in [0.2, 0.25) is 0 Å². The van der Waals surface area contributed by atoms with Crippen LogP contribution in [0.5, 0.6) is 0 Å². The van der Waals surface area contributed by atoms with Crippen molar-refractivity contribution < 1.29 is 8.42 Å². The van der Waals surface area contributed by atoms with Crippen LogP contribution in [0.25, 0.3) is 11.3 Å². The molecule has 1 heterocycles. The van der Waals surface area contributed by atoms with Crippen molar-refractivity contribution in [2.75, 3.05) is 4.72 Å². The topological polar surface area (TPSA) is 91.9 Å². The first-order chi connectivity index (χ1) is 12.8. The van der Waals surface area contributed by atoms with Crippen LogP contribution in [0.15, 0.2) is 64.3 Å².